The van der Waals surface area contributed by atoms with Crippen LogP contribution in [0.15, 0.2) is 30.3 Å². The van der Waals surface area contributed by atoms with E-state index < -0.39 is 0 Å². The Morgan fingerprint density at radius 3 is 2.32 bits per heavy atom. The molecule has 1 saturated heterocycles. The lowest BCUT2D eigenvalue weighted by Gasteiger charge is -2.35. The van der Waals surface area contributed by atoms with Crippen molar-refractivity contribution in [2.45, 2.75) is 38.6 Å². The third-order valence-corrected chi connectivity index (χ3v) is 5.36. The van der Waals surface area contributed by atoms with Gasteiger partial charge in [-0.25, -0.2) is 0 Å². The molecule has 0 bridgehead atoms. The van der Waals surface area contributed by atoms with Gasteiger partial charge in [-0.15, -0.1) is 0 Å². The summed E-state index contributed by atoms with van der Waals surface area (Å²) in [5.74, 6) is 0.226. The van der Waals surface area contributed by atoms with E-state index in [1.165, 1.54) is 12.0 Å². The van der Waals surface area contributed by atoms with Crippen molar-refractivity contribution in [2.24, 2.45) is 5.92 Å². The fourth-order valence-electron chi connectivity index (χ4n) is 3.78. The topological polar surface area (TPSA) is 52.7 Å². The number of rotatable bonds is 5. The maximum atomic E-state index is 12.3. The predicted octanol–water partition coefficient (Wildman–Crippen LogP) is 2.03. The number of hydrogen-bond donors (Lipinski definition) is 1. The highest BCUT2D eigenvalue weighted by Crippen LogP contribution is 2.23. The van der Waals surface area contributed by atoms with Crippen LogP contribution in [0.25, 0.3) is 0 Å². The molecule has 2 aliphatic rings. The van der Waals surface area contributed by atoms with Crippen LogP contribution in [0.5, 0.6) is 0 Å². The van der Waals surface area contributed by atoms with Crippen molar-refractivity contribution in [3.05, 3.63) is 35.9 Å². The van der Waals surface area contributed by atoms with E-state index in [9.17, 15) is 9.59 Å². The molecule has 25 heavy (non-hydrogen) atoms. The van der Waals surface area contributed by atoms with Crippen LogP contribution in [0.1, 0.15) is 37.7 Å². The molecular formula is C20H29N3O2. The second-order valence-electron chi connectivity index (χ2n) is 7.20. The Morgan fingerprint density at radius 2 is 1.64 bits per heavy atom. The summed E-state index contributed by atoms with van der Waals surface area (Å²) < 4.78 is 0. The number of piperazine rings is 1. The van der Waals surface area contributed by atoms with Crippen LogP contribution >= 0.6 is 0 Å². The highest BCUT2D eigenvalue weighted by Gasteiger charge is 2.24. The number of nitrogens with zero attached hydrogens (tertiary/aromatic N) is 2. The maximum Gasteiger partial charge on any atom is 0.242 e. The minimum atomic E-state index is 0.0449. The Labute approximate surface area is 150 Å². The van der Waals surface area contributed by atoms with Crippen LogP contribution in [0.3, 0.4) is 0 Å². The molecule has 0 radical (unpaired) electrons. The van der Waals surface area contributed by atoms with E-state index in [4.69, 9.17) is 0 Å². The molecule has 1 saturated carbocycles. The first-order valence-corrected chi connectivity index (χ1v) is 9.54. The summed E-state index contributed by atoms with van der Waals surface area (Å²) in [6.45, 7) is 4.33. The van der Waals surface area contributed by atoms with E-state index in [-0.39, 0.29) is 24.3 Å². The Balaban J connectivity index is 1.37. The SMILES string of the molecule is O=C(NCC(=O)N1CCN(Cc2ccccc2)CC1)C1CCCCC1. The molecule has 2 amide bonds. The van der Waals surface area contributed by atoms with Gasteiger partial charge < -0.3 is 10.2 Å². The summed E-state index contributed by atoms with van der Waals surface area (Å²) >= 11 is 0. The highest BCUT2D eigenvalue weighted by atomic mass is 16.2. The van der Waals surface area contributed by atoms with Crippen molar-refractivity contribution >= 4 is 11.8 Å². The molecule has 0 aromatic heterocycles. The molecule has 0 unspecified atom stereocenters. The standard InChI is InChI=1S/C20H29N3O2/c24-19(15-21-20(25)18-9-5-2-6-10-18)23-13-11-22(12-14-23)16-17-7-3-1-4-8-17/h1,3-4,7-8,18H,2,5-6,9-16H2,(H,21,25). The van der Waals surface area contributed by atoms with Crippen LogP contribution < -0.4 is 5.32 Å². The van der Waals surface area contributed by atoms with Gasteiger partial charge in [0.05, 0.1) is 6.54 Å². The maximum absolute atomic E-state index is 12.3. The molecular weight excluding hydrogens is 314 g/mol. The van der Waals surface area contributed by atoms with Crippen LogP contribution in [0, 0.1) is 5.92 Å². The smallest absolute Gasteiger partial charge is 0.242 e. The molecule has 1 heterocycles. The van der Waals surface area contributed by atoms with Crippen LogP contribution in [-0.4, -0.2) is 54.3 Å². The van der Waals surface area contributed by atoms with Gasteiger partial charge in [0.1, 0.15) is 0 Å². The van der Waals surface area contributed by atoms with Gasteiger partial charge in [0.15, 0.2) is 0 Å². The third-order valence-electron chi connectivity index (χ3n) is 5.36. The minimum absolute atomic E-state index is 0.0449. The molecule has 136 valence electrons. The van der Waals surface area contributed by atoms with Gasteiger partial charge >= 0.3 is 0 Å². The van der Waals surface area contributed by atoms with Crippen molar-refractivity contribution in [3.63, 3.8) is 0 Å². The summed E-state index contributed by atoms with van der Waals surface area (Å²) in [5, 5.41) is 2.86. The zero-order valence-corrected chi connectivity index (χ0v) is 15.0. The van der Waals surface area contributed by atoms with E-state index in [1.54, 1.807) is 0 Å². The average Bonchev–Trinajstić information content (AvgIpc) is 2.68. The summed E-state index contributed by atoms with van der Waals surface area (Å²) in [6, 6.07) is 10.4. The largest absolute Gasteiger partial charge is 0.347 e. The molecule has 2 fully saturated rings. The molecule has 1 N–H and O–H groups in total. The zero-order chi connectivity index (χ0) is 17.5. The van der Waals surface area contributed by atoms with Gasteiger partial charge in [-0.1, -0.05) is 49.6 Å². The Morgan fingerprint density at radius 1 is 0.960 bits per heavy atom. The van der Waals surface area contributed by atoms with Gasteiger partial charge in [0, 0.05) is 38.6 Å². The van der Waals surface area contributed by atoms with Crippen molar-refractivity contribution < 1.29 is 9.59 Å². The lowest BCUT2D eigenvalue weighted by molar-refractivity contribution is -0.135. The highest BCUT2D eigenvalue weighted by molar-refractivity contribution is 5.85. The number of benzene rings is 1. The number of amides is 2. The first kappa shape index (κ1) is 17.9. The molecule has 5 heteroatoms. The van der Waals surface area contributed by atoms with Crippen LogP contribution in [0.4, 0.5) is 0 Å². The minimum Gasteiger partial charge on any atom is -0.347 e. The molecule has 1 aromatic rings. The quantitative estimate of drug-likeness (QED) is 0.890. The van der Waals surface area contributed by atoms with Crippen molar-refractivity contribution in [3.8, 4) is 0 Å². The lowest BCUT2D eigenvalue weighted by Crippen LogP contribution is -2.51. The molecule has 5 nitrogen and oxygen atoms in total. The number of hydrogen-bond acceptors (Lipinski definition) is 3. The van der Waals surface area contributed by atoms with Gasteiger partial charge in [-0.2, -0.15) is 0 Å². The van der Waals surface area contributed by atoms with Gasteiger partial charge in [0.2, 0.25) is 11.8 Å². The van der Waals surface area contributed by atoms with E-state index in [1.807, 2.05) is 11.0 Å². The van der Waals surface area contributed by atoms with Crippen molar-refractivity contribution in [2.75, 3.05) is 32.7 Å². The Hall–Kier alpha value is -1.88. The first-order chi connectivity index (χ1) is 12.2. The van der Waals surface area contributed by atoms with Gasteiger partial charge in [0.25, 0.3) is 0 Å². The van der Waals surface area contributed by atoms with Crippen molar-refractivity contribution in [1.29, 1.82) is 0 Å². The Bertz CT molecular complexity index is 562. The van der Waals surface area contributed by atoms with E-state index >= 15 is 0 Å². The molecule has 0 atom stereocenters. The Kier molecular flexibility index (Phi) is 6.45. The van der Waals surface area contributed by atoms with Crippen LogP contribution in [0.2, 0.25) is 0 Å². The summed E-state index contributed by atoms with van der Waals surface area (Å²) in [7, 11) is 0. The van der Waals surface area contributed by atoms with E-state index in [2.05, 4.69) is 34.5 Å². The summed E-state index contributed by atoms with van der Waals surface area (Å²) in [4.78, 5) is 28.7. The van der Waals surface area contributed by atoms with E-state index in [0.29, 0.717) is 0 Å². The van der Waals surface area contributed by atoms with Gasteiger partial charge in [-0.3, -0.25) is 14.5 Å². The summed E-state index contributed by atoms with van der Waals surface area (Å²) in [6.07, 6.45) is 5.44. The lowest BCUT2D eigenvalue weighted by atomic mass is 9.89. The fraction of sp³-hybridized carbons (Fsp3) is 0.600. The second-order valence-corrected chi connectivity index (χ2v) is 7.20. The average molecular weight is 343 g/mol. The zero-order valence-electron chi connectivity index (χ0n) is 15.0. The second kappa shape index (κ2) is 8.99. The predicted molar refractivity (Wildman–Crippen MR) is 97.9 cm³/mol. The normalized spacial score (nSPS) is 19.6. The monoisotopic (exact) mass is 343 g/mol. The number of nitrogens with one attached hydrogen (secondary N) is 1. The molecule has 1 aliphatic heterocycles. The molecule has 1 aromatic carbocycles. The summed E-state index contributed by atoms with van der Waals surface area (Å²) in [5.41, 5.74) is 1.31. The van der Waals surface area contributed by atoms with Crippen molar-refractivity contribution in [1.82, 2.24) is 15.1 Å². The molecule has 3 rings (SSSR count). The molecule has 0 spiro atoms. The fourth-order valence-corrected chi connectivity index (χ4v) is 3.78. The van der Waals surface area contributed by atoms with Crippen LogP contribution in [-0.2, 0) is 16.1 Å². The molecule has 1 aliphatic carbocycles. The number of carbonyl (C=O) groups excluding carboxylic acids is 2. The first-order valence-electron chi connectivity index (χ1n) is 9.54. The third kappa shape index (κ3) is 5.30. The number of carbonyl (C=O) groups is 2. The van der Waals surface area contributed by atoms with E-state index in [0.717, 1.165) is 58.4 Å². The van der Waals surface area contributed by atoms with Gasteiger partial charge in [-0.05, 0) is 18.4 Å².